The molecule has 1 aliphatic rings. The highest BCUT2D eigenvalue weighted by Gasteiger charge is 2.39. The minimum Gasteiger partial charge on any atom is -0.465 e. The second-order valence-corrected chi connectivity index (χ2v) is 24.6. The van der Waals surface area contributed by atoms with E-state index in [0.717, 1.165) is 4.90 Å². The van der Waals surface area contributed by atoms with Crippen LogP contribution >= 0.6 is 15.6 Å². The van der Waals surface area contributed by atoms with E-state index in [0.29, 0.717) is 36.8 Å². The third-order valence-electron chi connectivity index (χ3n) is 14.0. The summed E-state index contributed by atoms with van der Waals surface area (Å²) in [6.45, 7) is 15.3. The Kier molecular flexibility index (Phi) is 32.9. The summed E-state index contributed by atoms with van der Waals surface area (Å²) in [6.07, 6.45) is -0.509. The van der Waals surface area contributed by atoms with Crippen molar-refractivity contribution in [2.24, 2.45) is 17.8 Å². The van der Waals surface area contributed by atoms with Crippen LogP contribution in [0.25, 0.3) is 0 Å². The minimum atomic E-state index is -5.05. The van der Waals surface area contributed by atoms with Crippen molar-refractivity contribution >= 4 is 69.3 Å². The number of hydrogen-bond acceptors (Lipinski definition) is 17. The molecular weight excluding hydrogens is 1150 g/mol. The first-order valence-electron chi connectivity index (χ1n) is 28.6. The van der Waals surface area contributed by atoms with Gasteiger partial charge >= 0.3 is 39.8 Å². The lowest BCUT2D eigenvalue weighted by molar-refractivity contribution is -0.155. The molecule has 2 rings (SSSR count). The molecule has 0 aromatic heterocycles. The van der Waals surface area contributed by atoms with Crippen molar-refractivity contribution < 1.29 is 94.7 Å². The second-order valence-electron chi connectivity index (χ2n) is 21.5. The van der Waals surface area contributed by atoms with Crippen LogP contribution in [0.5, 0.6) is 0 Å². The fraction of sp³-hybridized carbons (Fsp3) is 0.661. The number of likely N-dealkylation sites (N-methyl/N-ethyl adjacent to an activating group) is 2. The minimum absolute atomic E-state index is 0.00379. The number of nitrogens with one attached hydrogen (secondary N) is 5. The van der Waals surface area contributed by atoms with E-state index >= 15 is 0 Å². The Morgan fingerprint density at radius 2 is 1.39 bits per heavy atom. The lowest BCUT2D eigenvalue weighted by atomic mass is 9.90. The number of nitrogens with zero attached hydrogens (tertiary/aromatic N) is 2. The van der Waals surface area contributed by atoms with E-state index < -0.39 is 130 Å². The maximum absolute atomic E-state index is 14.3. The van der Waals surface area contributed by atoms with E-state index in [-0.39, 0.29) is 76.3 Å². The van der Waals surface area contributed by atoms with Crippen molar-refractivity contribution in [3.8, 4) is 0 Å². The van der Waals surface area contributed by atoms with Crippen LogP contribution in [0.4, 0.5) is 9.59 Å². The summed E-state index contributed by atoms with van der Waals surface area (Å²) < 4.78 is 56.3. The first-order chi connectivity index (χ1) is 39.8. The average molecular weight is 1240 g/mol. The van der Waals surface area contributed by atoms with E-state index in [4.69, 9.17) is 28.4 Å². The number of rotatable bonds is 24. The standard InChI is InChI=1S/C56H91N7O20P2/c1-13-36(5)47-50(66)60-41(10)54(70)82-48(37(6)14-2)39(8)44(81-56(73)58-29-21-17-23-31-79-85(76,77)83-84(74,75)78-30-22-16-20-28-57-55(71)72)27-26-38(7)53(69)80-45(32-35(3)4)49(65)59-40(9)51(67)63(12)43(33-42-24-18-15-19-25-42)52(68)62(11)34-46(64)61-47/h14-15,18-19,24-26,35-36,39-41,43-45,47-48,57H,13,16-17,20-23,27-34H2,1-12H3,(H,58,73)(H,59,65)(H,60,66)(H,61,64)(H,71,72)(H,74,75)(H,76,77)/b37-14+,38-26+/t36-,39+,40?,41-,43-,44+,45-,47+,48-/m1/s1. The second kappa shape index (κ2) is 37.4. The summed E-state index contributed by atoms with van der Waals surface area (Å²) in [5.74, 6) is -6.81. The lowest BCUT2D eigenvalue weighted by Crippen LogP contribution is -2.57. The van der Waals surface area contributed by atoms with E-state index in [1.165, 1.54) is 45.8 Å². The number of cyclic esters (lactones) is 2. The molecule has 0 fully saturated rings. The molecule has 0 saturated carbocycles. The molecule has 0 saturated heterocycles. The molecule has 7 amide bonds. The van der Waals surface area contributed by atoms with Crippen molar-refractivity contribution in [2.45, 2.75) is 176 Å². The molecule has 1 aromatic carbocycles. The molecule has 8 N–H and O–H groups in total. The number of esters is 2. The number of phosphoric acid groups is 2. The first kappa shape index (κ1) is 74.9. The van der Waals surface area contributed by atoms with Gasteiger partial charge < -0.3 is 65.5 Å². The maximum atomic E-state index is 14.3. The molecule has 0 bridgehead atoms. The molecule has 11 atom stereocenters. The smallest absolute Gasteiger partial charge is 0.465 e. The lowest BCUT2D eigenvalue weighted by Gasteiger charge is -2.33. The highest BCUT2D eigenvalue weighted by Crippen LogP contribution is 2.60. The van der Waals surface area contributed by atoms with Gasteiger partial charge in [-0.1, -0.05) is 83.5 Å². The van der Waals surface area contributed by atoms with Crippen LogP contribution in [-0.2, 0) is 76.7 Å². The Hall–Kier alpha value is -6.21. The fourth-order valence-electron chi connectivity index (χ4n) is 8.60. The van der Waals surface area contributed by atoms with Crippen LogP contribution in [0.15, 0.2) is 53.6 Å². The highest BCUT2D eigenvalue weighted by atomic mass is 31.3. The molecule has 480 valence electrons. The summed E-state index contributed by atoms with van der Waals surface area (Å²) in [6, 6.07) is 3.97. The topological polar surface area (TPSA) is 370 Å². The predicted octanol–water partition coefficient (Wildman–Crippen LogP) is 5.83. The number of hydrogen-bond donors (Lipinski definition) is 8. The fourth-order valence-corrected chi connectivity index (χ4v) is 10.7. The van der Waals surface area contributed by atoms with Gasteiger partial charge in [-0.05, 0) is 103 Å². The number of carbonyl (C=O) groups excluding carboxylic acids is 8. The van der Waals surface area contributed by atoms with Gasteiger partial charge in [-0.15, -0.1) is 0 Å². The van der Waals surface area contributed by atoms with Gasteiger partial charge in [0.15, 0.2) is 6.10 Å². The normalized spacial score (nSPS) is 25.0. The van der Waals surface area contributed by atoms with Gasteiger partial charge in [0.05, 0.1) is 19.8 Å². The number of phosphoric ester groups is 2. The van der Waals surface area contributed by atoms with Crippen LogP contribution in [-0.4, -0.2) is 168 Å². The van der Waals surface area contributed by atoms with Gasteiger partial charge in [0.2, 0.25) is 23.6 Å². The Labute approximate surface area is 498 Å². The van der Waals surface area contributed by atoms with Crippen LogP contribution in [0.2, 0.25) is 0 Å². The maximum Gasteiger partial charge on any atom is 0.481 e. The average Bonchev–Trinajstić information content (AvgIpc) is 3.61. The molecular formula is C56H91N7O20P2. The number of carbonyl (C=O) groups is 9. The van der Waals surface area contributed by atoms with Gasteiger partial charge in [-0.2, -0.15) is 4.31 Å². The monoisotopic (exact) mass is 1240 g/mol. The SMILES string of the molecule is C/C=C(\C)[C@H]1OC(=O)[C@@H](C)NC(=O)[C@H]([C@H](C)CC)NC(=O)CN(C)C(=O)[C@@H](Cc2ccccc2)N(C)C(=O)C(C)NC(=O)[C@@H](CC(C)C)OC(=O)/C(C)=C/C[C@H](OC(=O)NCCCCCOP(=O)(O)OP(=O)(O)OCCCCCNC(=O)O)[C@@H]1C. The van der Waals surface area contributed by atoms with Gasteiger partial charge in [0.1, 0.15) is 36.4 Å². The van der Waals surface area contributed by atoms with Crippen molar-refractivity contribution in [2.75, 3.05) is 46.9 Å². The number of ether oxygens (including phenoxy) is 3. The number of amides is 7. The Balaban J connectivity index is 2.45. The first-order valence-corrected chi connectivity index (χ1v) is 31.6. The van der Waals surface area contributed by atoms with Crippen LogP contribution in [0.1, 0.15) is 133 Å². The van der Waals surface area contributed by atoms with Crippen molar-refractivity contribution in [1.82, 2.24) is 36.4 Å². The molecule has 1 aliphatic heterocycles. The van der Waals surface area contributed by atoms with E-state index in [2.05, 4.69) is 30.9 Å². The van der Waals surface area contributed by atoms with Crippen molar-refractivity contribution in [3.05, 3.63) is 59.2 Å². The number of alkyl carbamates (subject to hydrolysis) is 1. The number of unbranched alkanes of at least 4 members (excludes halogenated alkanes) is 4. The quantitative estimate of drug-likeness (QED) is 0.0198. The molecule has 0 aliphatic carbocycles. The highest BCUT2D eigenvalue weighted by molar-refractivity contribution is 7.61. The van der Waals surface area contributed by atoms with Crippen LogP contribution in [0.3, 0.4) is 0 Å². The summed E-state index contributed by atoms with van der Waals surface area (Å²) in [7, 11) is -7.27. The van der Waals surface area contributed by atoms with Gasteiger partial charge in [0, 0.05) is 51.5 Å². The van der Waals surface area contributed by atoms with E-state index in [1.54, 1.807) is 84.9 Å². The summed E-state index contributed by atoms with van der Waals surface area (Å²) in [4.78, 5) is 144. The third kappa shape index (κ3) is 27.8. The zero-order chi connectivity index (χ0) is 64.2. The number of allylic oxidation sites excluding steroid dienone is 1. The van der Waals surface area contributed by atoms with E-state index in [1.807, 2.05) is 0 Å². The predicted molar refractivity (Wildman–Crippen MR) is 312 cm³/mol. The largest absolute Gasteiger partial charge is 0.481 e. The number of benzene rings is 1. The Morgan fingerprint density at radius 3 is 1.94 bits per heavy atom. The number of carboxylic acid groups (broad SMARTS) is 1. The molecule has 27 nitrogen and oxygen atoms in total. The molecule has 1 aromatic rings. The molecule has 85 heavy (non-hydrogen) atoms. The summed E-state index contributed by atoms with van der Waals surface area (Å²) in [5, 5.41) is 21.4. The molecule has 0 radical (unpaired) electrons. The zero-order valence-electron chi connectivity index (χ0n) is 51.0. The van der Waals surface area contributed by atoms with Gasteiger partial charge in [-0.25, -0.2) is 28.3 Å². The molecule has 0 spiro atoms. The zero-order valence-corrected chi connectivity index (χ0v) is 52.8. The van der Waals surface area contributed by atoms with E-state index in [9.17, 15) is 62.1 Å². The molecule has 1 heterocycles. The molecule has 29 heteroatoms. The van der Waals surface area contributed by atoms with Crippen LogP contribution < -0.4 is 26.6 Å². The van der Waals surface area contributed by atoms with Crippen molar-refractivity contribution in [3.63, 3.8) is 0 Å². The Bertz CT molecular complexity index is 2550. The summed E-state index contributed by atoms with van der Waals surface area (Å²) in [5.41, 5.74) is 1.22. The van der Waals surface area contributed by atoms with Crippen LogP contribution in [0, 0.1) is 17.8 Å². The van der Waals surface area contributed by atoms with Crippen molar-refractivity contribution in [1.29, 1.82) is 0 Å². The third-order valence-corrected chi connectivity index (χ3v) is 16.6. The molecule has 3 unspecified atom stereocenters. The summed E-state index contributed by atoms with van der Waals surface area (Å²) >= 11 is 0. The Morgan fingerprint density at radius 1 is 0.812 bits per heavy atom. The van der Waals surface area contributed by atoms with Gasteiger partial charge in [0.25, 0.3) is 5.91 Å². The van der Waals surface area contributed by atoms with Gasteiger partial charge in [-0.3, -0.25) is 33.0 Å².